The van der Waals surface area contributed by atoms with Gasteiger partial charge in [0.25, 0.3) is 0 Å². The second kappa shape index (κ2) is 8.90. The zero-order valence-corrected chi connectivity index (χ0v) is 20.1. The van der Waals surface area contributed by atoms with Crippen molar-refractivity contribution in [3.8, 4) is 33.8 Å². The molecule has 0 spiro atoms. The molecule has 0 unspecified atom stereocenters. The lowest BCUT2D eigenvalue weighted by Gasteiger charge is -2.14. The van der Waals surface area contributed by atoms with Crippen LogP contribution in [0.25, 0.3) is 55.8 Å². The minimum atomic E-state index is -0.259. The maximum absolute atomic E-state index is 13.5. The maximum atomic E-state index is 13.5. The number of hydrogen-bond acceptors (Lipinski definition) is 5. The van der Waals surface area contributed by atoms with Crippen LogP contribution in [0, 0.1) is 5.82 Å². The summed E-state index contributed by atoms with van der Waals surface area (Å²) in [5, 5.41) is 8.62. The molecule has 1 saturated heterocycles. The van der Waals surface area contributed by atoms with Crippen molar-refractivity contribution in [2.24, 2.45) is 0 Å². The number of aromatic amines is 2. The minimum absolute atomic E-state index is 0.259. The van der Waals surface area contributed by atoms with Crippen molar-refractivity contribution in [2.45, 2.75) is 19.4 Å². The molecule has 1 fully saturated rings. The number of pyridine rings is 3. The molecule has 182 valence electrons. The third-order valence-electron chi connectivity index (χ3n) is 7.05. The Kier molecular flexibility index (Phi) is 5.25. The topological polar surface area (TPSA) is 86.4 Å². The van der Waals surface area contributed by atoms with E-state index < -0.39 is 0 Å². The number of rotatable bonds is 5. The molecule has 37 heavy (non-hydrogen) atoms. The Hall–Kier alpha value is -4.43. The van der Waals surface area contributed by atoms with E-state index in [4.69, 9.17) is 4.98 Å². The van der Waals surface area contributed by atoms with Crippen LogP contribution in [0.2, 0.25) is 0 Å². The molecule has 0 saturated carbocycles. The summed E-state index contributed by atoms with van der Waals surface area (Å²) >= 11 is 0. The van der Waals surface area contributed by atoms with Crippen molar-refractivity contribution in [1.82, 2.24) is 35.0 Å². The highest BCUT2D eigenvalue weighted by atomic mass is 19.1. The third kappa shape index (κ3) is 4.05. The first-order chi connectivity index (χ1) is 18.2. The van der Waals surface area contributed by atoms with E-state index in [1.807, 2.05) is 36.7 Å². The molecule has 0 radical (unpaired) electrons. The maximum Gasteiger partial charge on any atom is 0.138 e. The highest BCUT2D eigenvalue weighted by Crippen LogP contribution is 2.33. The molecular formula is C29H24FN7. The molecule has 1 aromatic carbocycles. The van der Waals surface area contributed by atoms with Crippen molar-refractivity contribution in [3.05, 3.63) is 84.6 Å². The van der Waals surface area contributed by atoms with Gasteiger partial charge in [0.15, 0.2) is 0 Å². The van der Waals surface area contributed by atoms with Crippen molar-refractivity contribution in [1.29, 1.82) is 0 Å². The van der Waals surface area contributed by atoms with E-state index in [0.717, 1.165) is 75.5 Å². The fraction of sp³-hybridized carbons (Fsp3) is 0.172. The number of aromatic nitrogens is 6. The van der Waals surface area contributed by atoms with Gasteiger partial charge in [0.2, 0.25) is 0 Å². The third-order valence-corrected chi connectivity index (χ3v) is 7.05. The fourth-order valence-corrected chi connectivity index (χ4v) is 5.20. The molecule has 1 aliphatic rings. The van der Waals surface area contributed by atoms with Gasteiger partial charge in [-0.15, -0.1) is 0 Å². The standard InChI is InChI=1S/C29H24FN7/c30-21-5-3-19(4-6-21)22-9-10-32-29-23(22)14-26(34-29)28-27-25(35-36-28)8-7-24(33-27)20-13-18(15-31-16-20)17-37-11-1-2-12-37/h3-10,13-16H,1-2,11-12,17H2,(H,32,34)(H,35,36). The van der Waals surface area contributed by atoms with Crippen LogP contribution in [0.1, 0.15) is 18.4 Å². The Morgan fingerprint density at radius 2 is 1.78 bits per heavy atom. The summed E-state index contributed by atoms with van der Waals surface area (Å²) in [6, 6.07) is 16.7. The van der Waals surface area contributed by atoms with Crippen LogP contribution in [0.15, 0.2) is 73.2 Å². The molecule has 0 amide bonds. The van der Waals surface area contributed by atoms with E-state index >= 15 is 0 Å². The molecule has 1 aliphatic heterocycles. The first kappa shape index (κ1) is 21.8. The zero-order chi connectivity index (χ0) is 24.8. The molecule has 6 heterocycles. The van der Waals surface area contributed by atoms with Gasteiger partial charge in [0.05, 0.1) is 16.9 Å². The van der Waals surface area contributed by atoms with Crippen molar-refractivity contribution in [2.75, 3.05) is 13.1 Å². The van der Waals surface area contributed by atoms with Gasteiger partial charge in [-0.25, -0.2) is 14.4 Å². The average Bonchev–Trinajstić information content (AvgIpc) is 3.68. The first-order valence-electron chi connectivity index (χ1n) is 12.5. The van der Waals surface area contributed by atoms with E-state index in [2.05, 4.69) is 36.1 Å². The monoisotopic (exact) mass is 489 g/mol. The van der Waals surface area contributed by atoms with Gasteiger partial charge in [-0.2, -0.15) is 5.10 Å². The van der Waals surface area contributed by atoms with Crippen LogP contribution in [0.4, 0.5) is 4.39 Å². The Morgan fingerprint density at radius 3 is 2.65 bits per heavy atom. The molecule has 2 N–H and O–H groups in total. The molecule has 8 heteroatoms. The molecule has 0 aliphatic carbocycles. The summed E-state index contributed by atoms with van der Waals surface area (Å²) in [7, 11) is 0. The second-order valence-electron chi connectivity index (χ2n) is 9.54. The van der Waals surface area contributed by atoms with Crippen molar-refractivity contribution < 1.29 is 4.39 Å². The number of nitrogens with zero attached hydrogens (tertiary/aromatic N) is 5. The van der Waals surface area contributed by atoms with Gasteiger partial charge in [-0.3, -0.25) is 15.0 Å². The van der Waals surface area contributed by atoms with Crippen LogP contribution in [-0.4, -0.2) is 48.1 Å². The number of H-pyrrole nitrogens is 2. The zero-order valence-electron chi connectivity index (χ0n) is 20.1. The smallest absolute Gasteiger partial charge is 0.138 e. The number of benzene rings is 1. The van der Waals surface area contributed by atoms with Crippen molar-refractivity contribution >= 4 is 22.1 Å². The Morgan fingerprint density at radius 1 is 0.919 bits per heavy atom. The summed E-state index contributed by atoms with van der Waals surface area (Å²) in [4.78, 5) is 19.9. The van der Waals surface area contributed by atoms with Crippen LogP contribution in [-0.2, 0) is 6.54 Å². The Balaban J connectivity index is 1.27. The van der Waals surface area contributed by atoms with Gasteiger partial charge >= 0.3 is 0 Å². The van der Waals surface area contributed by atoms with Crippen LogP contribution in [0.5, 0.6) is 0 Å². The predicted molar refractivity (Wildman–Crippen MR) is 142 cm³/mol. The largest absolute Gasteiger partial charge is 0.338 e. The van der Waals surface area contributed by atoms with E-state index in [0.29, 0.717) is 0 Å². The normalized spacial score (nSPS) is 14.2. The van der Waals surface area contributed by atoms with Crippen LogP contribution >= 0.6 is 0 Å². The molecule has 7 rings (SSSR count). The summed E-state index contributed by atoms with van der Waals surface area (Å²) in [5.74, 6) is -0.259. The number of likely N-dealkylation sites (tertiary alicyclic amines) is 1. The molecule has 5 aromatic heterocycles. The van der Waals surface area contributed by atoms with Gasteiger partial charge in [0.1, 0.15) is 22.7 Å². The van der Waals surface area contributed by atoms with E-state index in [1.165, 1.54) is 30.5 Å². The van der Waals surface area contributed by atoms with Gasteiger partial charge in [0, 0.05) is 36.1 Å². The number of halogens is 1. The first-order valence-corrected chi connectivity index (χ1v) is 12.5. The van der Waals surface area contributed by atoms with Crippen LogP contribution in [0.3, 0.4) is 0 Å². The summed E-state index contributed by atoms with van der Waals surface area (Å²) in [5.41, 5.74) is 8.84. The quantitative estimate of drug-likeness (QED) is 0.312. The molecule has 0 atom stereocenters. The number of hydrogen-bond donors (Lipinski definition) is 2. The highest BCUT2D eigenvalue weighted by Gasteiger charge is 2.17. The van der Waals surface area contributed by atoms with Gasteiger partial charge < -0.3 is 4.98 Å². The average molecular weight is 490 g/mol. The summed E-state index contributed by atoms with van der Waals surface area (Å²) < 4.78 is 13.5. The lowest BCUT2D eigenvalue weighted by Crippen LogP contribution is -2.18. The van der Waals surface area contributed by atoms with E-state index in [-0.39, 0.29) is 5.82 Å². The number of fused-ring (bicyclic) bond motifs is 2. The molecular weight excluding hydrogens is 465 g/mol. The molecule has 6 aromatic rings. The molecule has 0 bridgehead atoms. The summed E-state index contributed by atoms with van der Waals surface area (Å²) in [6.07, 6.45) is 8.10. The Labute approximate surface area is 212 Å². The van der Waals surface area contributed by atoms with E-state index in [1.54, 1.807) is 18.3 Å². The van der Waals surface area contributed by atoms with E-state index in [9.17, 15) is 4.39 Å². The lowest BCUT2D eigenvalue weighted by molar-refractivity contribution is 0.331. The van der Waals surface area contributed by atoms with Crippen LogP contribution < -0.4 is 0 Å². The SMILES string of the molecule is Fc1ccc(-c2ccnc3[nH]c(-c4n[nH]c5ccc(-c6cncc(CN7CCCC7)c6)nc45)cc23)cc1. The van der Waals surface area contributed by atoms with Gasteiger partial charge in [-0.1, -0.05) is 12.1 Å². The predicted octanol–water partition coefficient (Wildman–Crippen LogP) is 5.97. The minimum Gasteiger partial charge on any atom is -0.338 e. The van der Waals surface area contributed by atoms with Crippen molar-refractivity contribution in [3.63, 3.8) is 0 Å². The fourth-order valence-electron chi connectivity index (χ4n) is 5.20. The highest BCUT2D eigenvalue weighted by molar-refractivity contribution is 5.99. The Bertz CT molecular complexity index is 1730. The van der Waals surface area contributed by atoms with Gasteiger partial charge in [-0.05, 0) is 85.1 Å². The lowest BCUT2D eigenvalue weighted by atomic mass is 10.0. The second-order valence-corrected chi connectivity index (χ2v) is 9.54. The number of nitrogens with one attached hydrogen (secondary N) is 2. The molecule has 7 nitrogen and oxygen atoms in total. The summed E-state index contributed by atoms with van der Waals surface area (Å²) in [6.45, 7) is 3.21.